The molecule has 0 bridgehead atoms. The van der Waals surface area contributed by atoms with Crippen molar-refractivity contribution >= 4 is 0 Å². The molecular formula is C10H10F3+. The lowest BCUT2D eigenvalue weighted by Gasteiger charge is -2.04. The summed E-state index contributed by atoms with van der Waals surface area (Å²) in [5, 5.41) is 0. The van der Waals surface area contributed by atoms with Crippen LogP contribution < -0.4 is 0 Å². The Hall–Kier alpha value is -1.12. The minimum atomic E-state index is -4.24. The third-order valence-corrected chi connectivity index (χ3v) is 1.79. The topological polar surface area (TPSA) is 0 Å². The molecule has 0 aliphatic rings. The smallest absolute Gasteiger partial charge is 0.166 e. The third-order valence-electron chi connectivity index (χ3n) is 1.79. The quantitative estimate of drug-likeness (QED) is 0.588. The van der Waals surface area contributed by atoms with Gasteiger partial charge < -0.3 is 0 Å². The second-order valence-electron chi connectivity index (χ2n) is 3.08. The van der Waals surface area contributed by atoms with Crippen LogP contribution in [0.25, 0.3) is 0 Å². The van der Waals surface area contributed by atoms with E-state index in [1.165, 1.54) is 12.1 Å². The largest absolute Gasteiger partial charge is 0.418 e. The van der Waals surface area contributed by atoms with Gasteiger partial charge >= 0.3 is 6.18 Å². The Morgan fingerprint density at radius 3 is 1.77 bits per heavy atom. The highest BCUT2D eigenvalue weighted by Gasteiger charge is 2.31. The summed E-state index contributed by atoms with van der Waals surface area (Å²) in [5.74, 6) is 1.01. The molecule has 0 nitrogen and oxygen atoms in total. The molecule has 13 heavy (non-hydrogen) atoms. The number of alkyl halides is 3. The standard InChI is InChI=1S/C10H10F3/c1-7(2)8-3-5-9(6-4-8)10(11,12)13/h3-6H,1-2H3/q+1. The molecule has 1 aromatic rings. The number of halogens is 3. The van der Waals surface area contributed by atoms with E-state index in [-0.39, 0.29) is 0 Å². The fourth-order valence-electron chi connectivity index (χ4n) is 0.993. The first kappa shape index (κ1) is 9.96. The van der Waals surface area contributed by atoms with E-state index in [0.29, 0.717) is 0 Å². The monoisotopic (exact) mass is 187 g/mol. The number of benzene rings is 1. The molecule has 3 heteroatoms. The van der Waals surface area contributed by atoms with Gasteiger partial charge in [0, 0.05) is 44.0 Å². The van der Waals surface area contributed by atoms with Crippen LogP contribution in [0, 0.1) is 5.92 Å². The summed E-state index contributed by atoms with van der Waals surface area (Å²) in [6.45, 7) is 3.73. The Morgan fingerprint density at radius 2 is 1.46 bits per heavy atom. The molecule has 0 fully saturated rings. The molecule has 0 unspecified atom stereocenters. The van der Waals surface area contributed by atoms with Gasteiger partial charge in [0.2, 0.25) is 0 Å². The Balaban J connectivity index is 2.94. The molecule has 0 saturated carbocycles. The molecule has 0 amide bonds. The number of hydrogen-bond acceptors (Lipinski definition) is 0. The van der Waals surface area contributed by atoms with Crippen LogP contribution in [0.15, 0.2) is 24.3 Å². The van der Waals surface area contributed by atoms with E-state index >= 15 is 0 Å². The van der Waals surface area contributed by atoms with Crippen molar-refractivity contribution < 1.29 is 13.2 Å². The second kappa shape index (κ2) is 3.32. The van der Waals surface area contributed by atoms with Gasteiger partial charge in [-0.05, 0) is 0 Å². The first-order valence-electron chi connectivity index (χ1n) is 3.89. The predicted molar refractivity (Wildman–Crippen MR) is 45.1 cm³/mol. The van der Waals surface area contributed by atoms with E-state index in [0.717, 1.165) is 23.6 Å². The van der Waals surface area contributed by atoms with E-state index in [4.69, 9.17) is 0 Å². The van der Waals surface area contributed by atoms with Gasteiger partial charge in [-0.15, -0.1) is 0 Å². The second-order valence-corrected chi connectivity index (χ2v) is 3.08. The van der Waals surface area contributed by atoms with Crippen LogP contribution in [0.3, 0.4) is 0 Å². The van der Waals surface area contributed by atoms with Crippen LogP contribution >= 0.6 is 0 Å². The Kier molecular flexibility index (Phi) is 2.55. The number of hydrogen-bond donors (Lipinski definition) is 0. The first-order valence-corrected chi connectivity index (χ1v) is 3.89. The normalized spacial score (nSPS) is 11.5. The van der Waals surface area contributed by atoms with Crippen molar-refractivity contribution in [2.24, 2.45) is 0 Å². The summed E-state index contributed by atoms with van der Waals surface area (Å²) in [7, 11) is 0. The van der Waals surface area contributed by atoms with Crippen molar-refractivity contribution in [1.29, 1.82) is 0 Å². The Bertz CT molecular complexity index is 269. The van der Waals surface area contributed by atoms with Gasteiger partial charge in [-0.3, -0.25) is 0 Å². The van der Waals surface area contributed by atoms with Gasteiger partial charge in [0.25, 0.3) is 0 Å². The van der Waals surface area contributed by atoms with Crippen LogP contribution in [0.2, 0.25) is 0 Å². The molecule has 0 saturated heterocycles. The summed E-state index contributed by atoms with van der Waals surface area (Å²) in [5.41, 5.74) is 0.241. The van der Waals surface area contributed by atoms with Crippen LogP contribution in [-0.2, 0) is 6.18 Å². The molecule has 0 aromatic heterocycles. The van der Waals surface area contributed by atoms with E-state index in [1.807, 2.05) is 13.8 Å². The summed E-state index contributed by atoms with van der Waals surface area (Å²) in [6, 6.07) is 5.17. The van der Waals surface area contributed by atoms with Gasteiger partial charge in [0.05, 0.1) is 5.56 Å². The maximum atomic E-state index is 12.1. The highest BCUT2D eigenvalue weighted by molar-refractivity contribution is 5.32. The molecule has 1 aromatic carbocycles. The summed E-state index contributed by atoms with van der Waals surface area (Å²) in [4.78, 5) is 0. The third kappa shape index (κ3) is 2.41. The maximum Gasteiger partial charge on any atom is 0.418 e. The lowest BCUT2D eigenvalue weighted by atomic mass is 10.0. The zero-order valence-corrected chi connectivity index (χ0v) is 7.44. The van der Waals surface area contributed by atoms with Crippen molar-refractivity contribution in [1.82, 2.24) is 0 Å². The van der Waals surface area contributed by atoms with Crippen molar-refractivity contribution in [2.45, 2.75) is 20.0 Å². The van der Waals surface area contributed by atoms with Crippen molar-refractivity contribution in [3.63, 3.8) is 0 Å². The van der Waals surface area contributed by atoms with Crippen LogP contribution in [0.1, 0.15) is 25.0 Å². The molecule has 0 atom stereocenters. The van der Waals surface area contributed by atoms with Crippen molar-refractivity contribution in [3.8, 4) is 0 Å². The highest BCUT2D eigenvalue weighted by atomic mass is 19.4. The molecular weight excluding hydrogens is 177 g/mol. The van der Waals surface area contributed by atoms with Crippen LogP contribution in [0.5, 0.6) is 0 Å². The molecule has 70 valence electrons. The Morgan fingerprint density at radius 1 is 1.00 bits per heavy atom. The molecule has 1 rings (SSSR count). The lowest BCUT2D eigenvalue weighted by molar-refractivity contribution is -0.137. The number of rotatable bonds is 1. The minimum absolute atomic E-state index is 0.600. The summed E-state index contributed by atoms with van der Waals surface area (Å²) >= 11 is 0. The van der Waals surface area contributed by atoms with E-state index in [9.17, 15) is 13.2 Å². The van der Waals surface area contributed by atoms with Crippen LogP contribution in [0.4, 0.5) is 13.2 Å². The molecule has 0 spiro atoms. The summed E-state index contributed by atoms with van der Waals surface area (Å²) < 4.78 is 36.3. The predicted octanol–water partition coefficient (Wildman–Crippen LogP) is 3.67. The average molecular weight is 187 g/mol. The summed E-state index contributed by atoms with van der Waals surface area (Å²) in [6.07, 6.45) is -4.24. The zero-order chi connectivity index (χ0) is 10.1. The van der Waals surface area contributed by atoms with Crippen molar-refractivity contribution in [2.75, 3.05) is 0 Å². The highest BCUT2D eigenvalue weighted by Crippen LogP contribution is 2.29. The first-order chi connectivity index (χ1) is 5.91. The van der Waals surface area contributed by atoms with Gasteiger partial charge in [-0.1, -0.05) is 0 Å². The van der Waals surface area contributed by atoms with Crippen molar-refractivity contribution in [3.05, 3.63) is 41.3 Å². The zero-order valence-electron chi connectivity index (χ0n) is 7.44. The fraction of sp³-hybridized carbons (Fsp3) is 0.300. The molecule has 0 aliphatic heterocycles. The SMILES string of the molecule is C[C+](C)c1ccc(C(F)(F)F)cc1. The molecule has 0 heterocycles. The van der Waals surface area contributed by atoms with Gasteiger partial charge in [-0.25, -0.2) is 0 Å². The van der Waals surface area contributed by atoms with E-state index in [2.05, 4.69) is 0 Å². The molecule has 0 radical (unpaired) electrons. The van der Waals surface area contributed by atoms with Gasteiger partial charge in [0.1, 0.15) is 5.56 Å². The van der Waals surface area contributed by atoms with Gasteiger partial charge in [0.15, 0.2) is 0 Å². The van der Waals surface area contributed by atoms with Gasteiger partial charge in [-0.2, -0.15) is 13.2 Å². The van der Waals surface area contributed by atoms with Crippen LogP contribution in [-0.4, -0.2) is 0 Å². The van der Waals surface area contributed by atoms with E-state index < -0.39 is 11.7 Å². The minimum Gasteiger partial charge on any atom is -0.166 e. The lowest BCUT2D eigenvalue weighted by Crippen LogP contribution is -2.04. The molecule has 0 aliphatic carbocycles. The average Bonchev–Trinajstić information content (AvgIpc) is 2.03. The maximum absolute atomic E-state index is 12.1. The van der Waals surface area contributed by atoms with E-state index in [1.54, 1.807) is 0 Å². The molecule has 0 N–H and O–H groups in total. The fourth-order valence-corrected chi connectivity index (χ4v) is 0.993. The Labute approximate surface area is 75.4 Å².